The molecule has 138 valence electrons. The summed E-state index contributed by atoms with van der Waals surface area (Å²) in [5.41, 5.74) is 0.0786. The fourth-order valence-corrected chi connectivity index (χ4v) is 3.78. The van der Waals surface area contributed by atoms with Crippen LogP contribution in [0.4, 0.5) is 5.82 Å². The molecular formula is C17H26N4O4. The first-order valence-corrected chi connectivity index (χ1v) is 8.64. The Kier molecular flexibility index (Phi) is 5.70. The second-order valence-corrected chi connectivity index (χ2v) is 6.65. The average Bonchev–Trinajstić information content (AvgIpc) is 2.65. The molecule has 0 bridgehead atoms. The van der Waals surface area contributed by atoms with E-state index < -0.39 is 0 Å². The number of aromatic nitrogens is 2. The number of piperidine rings is 1. The Morgan fingerprint density at radius 3 is 2.88 bits per heavy atom. The quantitative estimate of drug-likeness (QED) is 0.833. The zero-order valence-electron chi connectivity index (χ0n) is 14.9. The standard InChI is InChI=1S/C17H26N4O4/c1-23-11-15(22)20-13-10-25-8-5-17(13)3-6-21(7-4-17)14-9-16(24-2)19-12-18-14/h9,12-13H,3-8,10-11H2,1-2H3,(H,20,22). The molecule has 2 saturated heterocycles. The molecule has 1 aromatic rings. The van der Waals surface area contributed by atoms with Gasteiger partial charge < -0.3 is 24.4 Å². The molecule has 1 spiro atoms. The highest BCUT2D eigenvalue weighted by Crippen LogP contribution is 2.41. The topological polar surface area (TPSA) is 85.8 Å². The third kappa shape index (κ3) is 4.01. The summed E-state index contributed by atoms with van der Waals surface area (Å²) in [6.45, 7) is 3.17. The molecule has 2 fully saturated rings. The van der Waals surface area contributed by atoms with E-state index in [9.17, 15) is 4.79 Å². The van der Waals surface area contributed by atoms with E-state index in [4.69, 9.17) is 14.2 Å². The van der Waals surface area contributed by atoms with Gasteiger partial charge in [0.05, 0.1) is 19.8 Å². The summed E-state index contributed by atoms with van der Waals surface area (Å²) in [6, 6.07) is 1.89. The minimum absolute atomic E-state index is 0.0333. The van der Waals surface area contributed by atoms with Crippen LogP contribution in [0.1, 0.15) is 19.3 Å². The number of anilines is 1. The third-order valence-electron chi connectivity index (χ3n) is 5.30. The van der Waals surface area contributed by atoms with E-state index in [-0.39, 0.29) is 24.0 Å². The van der Waals surface area contributed by atoms with Crippen molar-refractivity contribution in [3.63, 3.8) is 0 Å². The third-order valence-corrected chi connectivity index (χ3v) is 5.30. The van der Waals surface area contributed by atoms with Crippen LogP contribution in [0.5, 0.6) is 5.88 Å². The van der Waals surface area contributed by atoms with Crippen molar-refractivity contribution in [2.75, 3.05) is 52.0 Å². The Morgan fingerprint density at radius 1 is 1.36 bits per heavy atom. The zero-order chi connectivity index (χ0) is 17.7. The van der Waals surface area contributed by atoms with Crippen molar-refractivity contribution >= 4 is 11.7 Å². The van der Waals surface area contributed by atoms with Crippen LogP contribution in [-0.2, 0) is 14.3 Å². The van der Waals surface area contributed by atoms with Crippen LogP contribution in [0.2, 0.25) is 0 Å². The van der Waals surface area contributed by atoms with E-state index in [0.29, 0.717) is 12.5 Å². The van der Waals surface area contributed by atoms with Gasteiger partial charge in [-0.1, -0.05) is 0 Å². The lowest BCUT2D eigenvalue weighted by Crippen LogP contribution is -2.58. The molecule has 0 saturated carbocycles. The minimum atomic E-state index is -0.0830. The Labute approximate surface area is 147 Å². The molecule has 25 heavy (non-hydrogen) atoms. The molecule has 1 N–H and O–H groups in total. The molecule has 1 atom stereocenters. The van der Waals surface area contributed by atoms with Crippen molar-refractivity contribution in [1.82, 2.24) is 15.3 Å². The van der Waals surface area contributed by atoms with Crippen molar-refractivity contribution in [3.8, 4) is 5.88 Å². The van der Waals surface area contributed by atoms with Crippen LogP contribution in [-0.4, -0.2) is 69.0 Å². The number of ether oxygens (including phenoxy) is 3. The molecular weight excluding hydrogens is 324 g/mol. The summed E-state index contributed by atoms with van der Waals surface area (Å²) in [6.07, 6.45) is 4.47. The lowest BCUT2D eigenvalue weighted by molar-refractivity contribution is -0.129. The first kappa shape index (κ1) is 17.9. The number of amides is 1. The van der Waals surface area contributed by atoms with E-state index in [1.807, 2.05) is 6.07 Å². The van der Waals surface area contributed by atoms with Crippen LogP contribution in [0.15, 0.2) is 12.4 Å². The maximum atomic E-state index is 12.0. The molecule has 1 aromatic heterocycles. The maximum Gasteiger partial charge on any atom is 0.246 e. The number of nitrogens with one attached hydrogen (secondary N) is 1. The summed E-state index contributed by atoms with van der Waals surface area (Å²) >= 11 is 0. The van der Waals surface area contributed by atoms with Crippen LogP contribution in [0.3, 0.4) is 0 Å². The molecule has 8 heteroatoms. The van der Waals surface area contributed by atoms with Gasteiger partial charge in [-0.05, 0) is 24.7 Å². The van der Waals surface area contributed by atoms with Gasteiger partial charge in [0.1, 0.15) is 18.8 Å². The molecule has 3 heterocycles. The Morgan fingerprint density at radius 2 is 2.16 bits per heavy atom. The highest BCUT2D eigenvalue weighted by molar-refractivity contribution is 5.77. The van der Waals surface area contributed by atoms with E-state index in [1.54, 1.807) is 7.11 Å². The summed E-state index contributed by atoms with van der Waals surface area (Å²) in [4.78, 5) is 22.6. The number of carbonyl (C=O) groups excluding carboxylic acids is 1. The number of hydrogen-bond acceptors (Lipinski definition) is 7. The van der Waals surface area contributed by atoms with Gasteiger partial charge in [-0.2, -0.15) is 0 Å². The monoisotopic (exact) mass is 350 g/mol. The van der Waals surface area contributed by atoms with Gasteiger partial charge in [0.25, 0.3) is 0 Å². The van der Waals surface area contributed by atoms with Gasteiger partial charge in [0.15, 0.2) is 0 Å². The lowest BCUT2D eigenvalue weighted by Gasteiger charge is -2.49. The smallest absolute Gasteiger partial charge is 0.246 e. The van der Waals surface area contributed by atoms with Crippen molar-refractivity contribution in [3.05, 3.63) is 12.4 Å². The van der Waals surface area contributed by atoms with Gasteiger partial charge >= 0.3 is 0 Å². The van der Waals surface area contributed by atoms with E-state index in [1.165, 1.54) is 13.4 Å². The molecule has 1 unspecified atom stereocenters. The van der Waals surface area contributed by atoms with Gasteiger partial charge in [0.2, 0.25) is 11.8 Å². The molecule has 2 aliphatic rings. The molecule has 0 aromatic carbocycles. The number of carbonyl (C=O) groups is 1. The second kappa shape index (κ2) is 7.97. The second-order valence-electron chi connectivity index (χ2n) is 6.65. The largest absolute Gasteiger partial charge is 0.481 e. The Balaban J connectivity index is 1.66. The van der Waals surface area contributed by atoms with Crippen LogP contribution >= 0.6 is 0 Å². The number of rotatable bonds is 5. The SMILES string of the molecule is COCC(=O)NC1COCCC12CCN(c1cc(OC)ncn1)CC2. The molecule has 0 radical (unpaired) electrons. The fourth-order valence-electron chi connectivity index (χ4n) is 3.78. The summed E-state index contributed by atoms with van der Waals surface area (Å²) in [5, 5.41) is 3.10. The summed E-state index contributed by atoms with van der Waals surface area (Å²) < 4.78 is 15.7. The van der Waals surface area contributed by atoms with Crippen LogP contribution < -0.4 is 15.0 Å². The van der Waals surface area contributed by atoms with E-state index in [0.717, 1.165) is 44.8 Å². The van der Waals surface area contributed by atoms with E-state index in [2.05, 4.69) is 20.2 Å². The maximum absolute atomic E-state index is 12.0. The highest BCUT2D eigenvalue weighted by Gasteiger charge is 2.44. The first-order valence-electron chi connectivity index (χ1n) is 8.64. The molecule has 3 rings (SSSR count). The van der Waals surface area contributed by atoms with Crippen molar-refractivity contribution in [2.45, 2.75) is 25.3 Å². The summed E-state index contributed by atoms with van der Waals surface area (Å²) in [5.74, 6) is 1.37. The Hall–Kier alpha value is -1.93. The van der Waals surface area contributed by atoms with Gasteiger partial charge in [-0.15, -0.1) is 0 Å². The fraction of sp³-hybridized carbons (Fsp3) is 0.706. The number of hydrogen-bond donors (Lipinski definition) is 1. The number of nitrogens with zero attached hydrogens (tertiary/aromatic N) is 3. The highest BCUT2D eigenvalue weighted by atomic mass is 16.5. The van der Waals surface area contributed by atoms with Crippen molar-refractivity contribution in [2.24, 2.45) is 5.41 Å². The van der Waals surface area contributed by atoms with E-state index >= 15 is 0 Å². The molecule has 0 aliphatic carbocycles. The predicted octanol–water partition coefficient (Wildman–Crippen LogP) is 0.623. The molecule has 1 amide bonds. The predicted molar refractivity (Wildman–Crippen MR) is 91.7 cm³/mol. The van der Waals surface area contributed by atoms with Crippen molar-refractivity contribution in [1.29, 1.82) is 0 Å². The van der Waals surface area contributed by atoms with Crippen LogP contribution in [0.25, 0.3) is 0 Å². The van der Waals surface area contributed by atoms with Crippen LogP contribution in [0, 0.1) is 5.41 Å². The lowest BCUT2D eigenvalue weighted by atomic mass is 9.69. The summed E-state index contributed by atoms with van der Waals surface area (Å²) in [7, 11) is 3.13. The normalized spacial score (nSPS) is 22.6. The van der Waals surface area contributed by atoms with Gasteiger partial charge in [-0.25, -0.2) is 9.97 Å². The molecule has 8 nitrogen and oxygen atoms in total. The van der Waals surface area contributed by atoms with Crippen molar-refractivity contribution < 1.29 is 19.0 Å². The first-order chi connectivity index (χ1) is 12.2. The average molecular weight is 350 g/mol. The zero-order valence-corrected chi connectivity index (χ0v) is 14.9. The minimum Gasteiger partial charge on any atom is -0.481 e. The molecule has 2 aliphatic heterocycles. The van der Waals surface area contributed by atoms with Gasteiger partial charge in [-0.3, -0.25) is 4.79 Å². The Bertz CT molecular complexity index is 590. The number of methoxy groups -OCH3 is 2. The van der Waals surface area contributed by atoms with Gasteiger partial charge in [0, 0.05) is 32.9 Å².